The van der Waals surface area contributed by atoms with Crippen molar-refractivity contribution in [2.24, 2.45) is 18.3 Å². The van der Waals surface area contributed by atoms with Crippen LogP contribution in [0.15, 0.2) is 6.20 Å². The molecule has 5 heteroatoms. The second kappa shape index (κ2) is 5.14. The molecular formula is C12H23N5. The zero-order valence-electron chi connectivity index (χ0n) is 10.8. The molecule has 1 unspecified atom stereocenters. The molecule has 0 bridgehead atoms. The van der Waals surface area contributed by atoms with E-state index in [4.69, 9.17) is 5.84 Å². The van der Waals surface area contributed by atoms with Crippen LogP contribution in [0.5, 0.6) is 0 Å². The van der Waals surface area contributed by atoms with Gasteiger partial charge in [0.25, 0.3) is 0 Å². The number of hydrogen-bond acceptors (Lipinski definition) is 4. The molecule has 1 heterocycles. The normalized spacial score (nSPS) is 21.4. The van der Waals surface area contributed by atoms with E-state index in [0.717, 1.165) is 12.1 Å². The minimum absolute atomic E-state index is 0.291. The summed E-state index contributed by atoms with van der Waals surface area (Å²) in [6.45, 7) is 2.34. The largest absolute Gasteiger partial charge is 0.271 e. The highest BCUT2D eigenvalue weighted by molar-refractivity contribution is 5.00. The van der Waals surface area contributed by atoms with Crippen LogP contribution in [-0.4, -0.2) is 21.0 Å². The van der Waals surface area contributed by atoms with Gasteiger partial charge in [-0.25, -0.2) is 0 Å². The molecule has 96 valence electrons. The van der Waals surface area contributed by atoms with Gasteiger partial charge in [-0.2, -0.15) is 0 Å². The van der Waals surface area contributed by atoms with E-state index in [1.165, 1.54) is 32.1 Å². The lowest BCUT2D eigenvalue weighted by atomic mass is 9.69. The summed E-state index contributed by atoms with van der Waals surface area (Å²) in [5, 5.41) is 8.12. The van der Waals surface area contributed by atoms with Crippen LogP contribution in [0.25, 0.3) is 0 Å². The summed E-state index contributed by atoms with van der Waals surface area (Å²) in [6.07, 6.45) is 9.32. The lowest BCUT2D eigenvalue weighted by molar-refractivity contribution is 0.143. The molecule has 2 rings (SSSR count). The van der Waals surface area contributed by atoms with Crippen LogP contribution in [0.4, 0.5) is 0 Å². The molecule has 17 heavy (non-hydrogen) atoms. The van der Waals surface area contributed by atoms with E-state index in [1.54, 1.807) is 4.68 Å². The fourth-order valence-corrected chi connectivity index (χ4v) is 2.91. The Labute approximate surface area is 103 Å². The first-order valence-corrected chi connectivity index (χ1v) is 6.45. The maximum atomic E-state index is 5.74. The SMILES string of the molecule is Cn1cc(CC(NN)C2(C)CCCCC2)nn1. The average molecular weight is 237 g/mol. The second-order valence-corrected chi connectivity index (χ2v) is 5.52. The van der Waals surface area contributed by atoms with E-state index in [-0.39, 0.29) is 0 Å². The van der Waals surface area contributed by atoms with Gasteiger partial charge in [0.1, 0.15) is 0 Å². The molecule has 1 fully saturated rings. The summed E-state index contributed by atoms with van der Waals surface area (Å²) in [4.78, 5) is 0. The summed E-state index contributed by atoms with van der Waals surface area (Å²) >= 11 is 0. The van der Waals surface area contributed by atoms with Crippen LogP contribution >= 0.6 is 0 Å². The molecule has 0 aromatic carbocycles. The highest BCUT2D eigenvalue weighted by Crippen LogP contribution is 2.39. The molecule has 0 saturated heterocycles. The predicted octanol–water partition coefficient (Wildman–Crippen LogP) is 1.16. The van der Waals surface area contributed by atoms with Crippen molar-refractivity contribution in [2.75, 3.05) is 0 Å². The van der Waals surface area contributed by atoms with Gasteiger partial charge in [-0.05, 0) is 18.3 Å². The first-order chi connectivity index (χ1) is 8.14. The summed E-state index contributed by atoms with van der Waals surface area (Å²) in [7, 11) is 1.89. The number of nitrogens with one attached hydrogen (secondary N) is 1. The van der Waals surface area contributed by atoms with Gasteiger partial charge in [-0.1, -0.05) is 31.4 Å². The van der Waals surface area contributed by atoms with E-state index in [1.807, 2.05) is 13.2 Å². The minimum atomic E-state index is 0.291. The van der Waals surface area contributed by atoms with Gasteiger partial charge in [0.2, 0.25) is 0 Å². The van der Waals surface area contributed by atoms with Crippen molar-refractivity contribution in [1.29, 1.82) is 0 Å². The Hall–Kier alpha value is -0.940. The number of hydrazine groups is 1. The van der Waals surface area contributed by atoms with Crippen molar-refractivity contribution in [3.05, 3.63) is 11.9 Å². The van der Waals surface area contributed by atoms with Crippen LogP contribution in [-0.2, 0) is 13.5 Å². The molecule has 5 nitrogen and oxygen atoms in total. The van der Waals surface area contributed by atoms with Crippen molar-refractivity contribution >= 4 is 0 Å². The van der Waals surface area contributed by atoms with Crippen molar-refractivity contribution in [1.82, 2.24) is 20.4 Å². The summed E-state index contributed by atoms with van der Waals surface area (Å²) in [5.74, 6) is 5.74. The number of aromatic nitrogens is 3. The third-order valence-electron chi connectivity index (χ3n) is 4.10. The van der Waals surface area contributed by atoms with Gasteiger partial charge < -0.3 is 0 Å². The third kappa shape index (κ3) is 2.84. The number of hydrogen-bond donors (Lipinski definition) is 2. The average Bonchev–Trinajstić information content (AvgIpc) is 2.72. The lowest BCUT2D eigenvalue weighted by Gasteiger charge is -2.40. The fraction of sp³-hybridized carbons (Fsp3) is 0.833. The summed E-state index contributed by atoms with van der Waals surface area (Å²) < 4.78 is 1.74. The van der Waals surface area contributed by atoms with Gasteiger partial charge >= 0.3 is 0 Å². The smallest absolute Gasteiger partial charge is 0.0843 e. The Bertz CT molecular complexity index is 354. The first kappa shape index (κ1) is 12.5. The summed E-state index contributed by atoms with van der Waals surface area (Å²) in [5.41, 5.74) is 4.31. The molecule has 1 aliphatic carbocycles. The van der Waals surface area contributed by atoms with E-state index >= 15 is 0 Å². The van der Waals surface area contributed by atoms with Crippen LogP contribution < -0.4 is 11.3 Å². The van der Waals surface area contributed by atoms with Gasteiger partial charge in [0.15, 0.2) is 0 Å². The Balaban J connectivity index is 2.05. The Kier molecular flexibility index (Phi) is 3.79. The molecule has 1 atom stereocenters. The third-order valence-corrected chi connectivity index (χ3v) is 4.10. The molecule has 1 aromatic heterocycles. The molecule has 3 N–H and O–H groups in total. The maximum Gasteiger partial charge on any atom is 0.0843 e. The molecule has 0 radical (unpaired) electrons. The maximum absolute atomic E-state index is 5.74. The number of nitrogens with two attached hydrogens (primary N) is 1. The van der Waals surface area contributed by atoms with Gasteiger partial charge in [-0.3, -0.25) is 16.0 Å². The van der Waals surface area contributed by atoms with Crippen molar-refractivity contribution < 1.29 is 0 Å². The summed E-state index contributed by atoms with van der Waals surface area (Å²) in [6, 6.07) is 0.291. The Morgan fingerprint density at radius 1 is 1.47 bits per heavy atom. The minimum Gasteiger partial charge on any atom is -0.271 e. The highest BCUT2D eigenvalue weighted by atomic mass is 15.4. The topological polar surface area (TPSA) is 68.8 Å². The molecule has 0 spiro atoms. The van der Waals surface area contributed by atoms with Crippen molar-refractivity contribution in [3.8, 4) is 0 Å². The molecule has 0 amide bonds. The van der Waals surface area contributed by atoms with E-state index in [0.29, 0.717) is 11.5 Å². The standard InChI is InChI=1S/C12H23N5/c1-12(6-4-3-5-7-12)11(14-13)8-10-9-17(2)16-15-10/h9,11,14H,3-8,13H2,1-2H3. The van der Waals surface area contributed by atoms with E-state index in [2.05, 4.69) is 22.7 Å². The van der Waals surface area contributed by atoms with Gasteiger partial charge in [0, 0.05) is 25.7 Å². The van der Waals surface area contributed by atoms with Crippen molar-refractivity contribution in [2.45, 2.75) is 51.5 Å². The first-order valence-electron chi connectivity index (χ1n) is 6.45. The molecular weight excluding hydrogens is 214 g/mol. The van der Waals surface area contributed by atoms with Crippen molar-refractivity contribution in [3.63, 3.8) is 0 Å². The number of rotatable bonds is 4. The van der Waals surface area contributed by atoms with Gasteiger partial charge in [0.05, 0.1) is 5.69 Å². The molecule has 1 aliphatic rings. The number of aryl methyl sites for hydroxylation is 1. The monoisotopic (exact) mass is 237 g/mol. The van der Waals surface area contributed by atoms with Crippen LogP contribution in [0.2, 0.25) is 0 Å². The van der Waals surface area contributed by atoms with Crippen LogP contribution in [0.1, 0.15) is 44.7 Å². The molecule has 1 saturated carbocycles. The fourth-order valence-electron chi connectivity index (χ4n) is 2.91. The second-order valence-electron chi connectivity index (χ2n) is 5.52. The predicted molar refractivity (Wildman–Crippen MR) is 67.0 cm³/mol. The molecule has 1 aromatic rings. The lowest BCUT2D eigenvalue weighted by Crippen LogP contribution is -2.49. The van der Waals surface area contributed by atoms with Crippen LogP contribution in [0, 0.1) is 5.41 Å². The zero-order valence-corrected chi connectivity index (χ0v) is 10.8. The Morgan fingerprint density at radius 2 is 2.18 bits per heavy atom. The highest BCUT2D eigenvalue weighted by Gasteiger charge is 2.35. The van der Waals surface area contributed by atoms with E-state index < -0.39 is 0 Å². The Morgan fingerprint density at radius 3 is 2.71 bits per heavy atom. The van der Waals surface area contributed by atoms with E-state index in [9.17, 15) is 0 Å². The van der Waals surface area contributed by atoms with Crippen LogP contribution in [0.3, 0.4) is 0 Å². The quantitative estimate of drug-likeness (QED) is 0.609. The zero-order chi connectivity index (χ0) is 12.3. The van der Waals surface area contributed by atoms with Gasteiger partial charge in [-0.15, -0.1) is 5.10 Å². The number of nitrogens with zero attached hydrogens (tertiary/aromatic N) is 3. The molecule has 0 aliphatic heterocycles.